The molecule has 0 unspecified atom stereocenters. The quantitative estimate of drug-likeness (QED) is 0.717. The fourth-order valence-corrected chi connectivity index (χ4v) is 1.62. The van der Waals surface area contributed by atoms with Crippen LogP contribution < -0.4 is 10.1 Å². The van der Waals surface area contributed by atoms with E-state index in [4.69, 9.17) is 10.00 Å². The molecule has 0 aromatic heterocycles. The lowest BCUT2D eigenvalue weighted by atomic mass is 10.2. The van der Waals surface area contributed by atoms with Gasteiger partial charge < -0.3 is 10.1 Å². The first-order chi connectivity index (χ1) is 8.74. The average molecular weight is 246 g/mol. The third-order valence-corrected chi connectivity index (χ3v) is 2.53. The molecule has 0 amide bonds. The smallest absolute Gasteiger partial charge is 0.123 e. The van der Waals surface area contributed by atoms with E-state index in [2.05, 4.69) is 31.3 Å². The maximum Gasteiger partial charge on any atom is 0.123 e. The SMILES string of the molecule is CC(C)CNCc1ccccc1OCCCC#N. The molecule has 1 N–H and O–H groups in total. The van der Waals surface area contributed by atoms with Crippen LogP contribution in [0.5, 0.6) is 5.75 Å². The van der Waals surface area contributed by atoms with Crippen LogP contribution >= 0.6 is 0 Å². The molecule has 1 rings (SSSR count). The summed E-state index contributed by atoms with van der Waals surface area (Å²) in [5.41, 5.74) is 1.18. The molecule has 3 heteroatoms. The standard InChI is InChI=1S/C15H22N2O/c1-13(2)11-17-12-14-7-3-4-8-15(14)18-10-6-5-9-16/h3-4,7-8,13,17H,5-6,10-12H2,1-2H3. The average Bonchev–Trinajstić information content (AvgIpc) is 2.36. The molecule has 0 saturated carbocycles. The van der Waals surface area contributed by atoms with Gasteiger partial charge in [0.05, 0.1) is 12.7 Å². The van der Waals surface area contributed by atoms with Gasteiger partial charge in [-0.25, -0.2) is 0 Å². The van der Waals surface area contributed by atoms with Crippen LogP contribution in [0.4, 0.5) is 0 Å². The molecular weight excluding hydrogens is 224 g/mol. The van der Waals surface area contributed by atoms with E-state index in [0.29, 0.717) is 18.9 Å². The Morgan fingerprint density at radius 2 is 2.11 bits per heavy atom. The number of nitrogens with one attached hydrogen (secondary N) is 1. The number of ether oxygens (including phenoxy) is 1. The lowest BCUT2D eigenvalue weighted by Gasteiger charge is -2.12. The molecule has 0 aliphatic carbocycles. The molecule has 18 heavy (non-hydrogen) atoms. The Morgan fingerprint density at radius 3 is 2.83 bits per heavy atom. The van der Waals surface area contributed by atoms with E-state index in [1.54, 1.807) is 0 Å². The van der Waals surface area contributed by atoms with E-state index < -0.39 is 0 Å². The second-order valence-electron chi connectivity index (χ2n) is 4.74. The summed E-state index contributed by atoms with van der Waals surface area (Å²) in [7, 11) is 0. The van der Waals surface area contributed by atoms with Crippen molar-refractivity contribution in [3.8, 4) is 11.8 Å². The minimum Gasteiger partial charge on any atom is -0.493 e. The van der Waals surface area contributed by atoms with Crippen molar-refractivity contribution < 1.29 is 4.74 Å². The van der Waals surface area contributed by atoms with E-state index in [1.807, 2.05) is 18.2 Å². The first kappa shape index (κ1) is 14.5. The molecule has 1 aromatic carbocycles. The molecule has 0 saturated heterocycles. The number of rotatable bonds is 8. The van der Waals surface area contributed by atoms with E-state index in [0.717, 1.165) is 25.3 Å². The molecule has 0 fully saturated rings. The highest BCUT2D eigenvalue weighted by atomic mass is 16.5. The zero-order valence-electron chi connectivity index (χ0n) is 11.3. The maximum atomic E-state index is 8.47. The van der Waals surface area contributed by atoms with Crippen molar-refractivity contribution in [1.82, 2.24) is 5.32 Å². The van der Waals surface area contributed by atoms with E-state index in [-0.39, 0.29) is 0 Å². The lowest BCUT2D eigenvalue weighted by molar-refractivity contribution is 0.308. The van der Waals surface area contributed by atoms with Gasteiger partial charge in [-0.05, 0) is 24.9 Å². The summed E-state index contributed by atoms with van der Waals surface area (Å²) in [6.07, 6.45) is 1.33. The van der Waals surface area contributed by atoms with Crippen LogP contribution in [0.3, 0.4) is 0 Å². The Balaban J connectivity index is 2.43. The van der Waals surface area contributed by atoms with Crippen molar-refractivity contribution in [2.75, 3.05) is 13.2 Å². The van der Waals surface area contributed by atoms with Gasteiger partial charge in [0.2, 0.25) is 0 Å². The zero-order valence-corrected chi connectivity index (χ0v) is 11.3. The third kappa shape index (κ3) is 5.70. The van der Waals surface area contributed by atoms with Gasteiger partial charge in [0, 0.05) is 18.5 Å². The van der Waals surface area contributed by atoms with Crippen LogP contribution in [0.2, 0.25) is 0 Å². The molecule has 0 aliphatic heterocycles. The summed E-state index contributed by atoms with van der Waals surface area (Å²) in [5.74, 6) is 1.57. The number of nitriles is 1. The second-order valence-corrected chi connectivity index (χ2v) is 4.74. The lowest BCUT2D eigenvalue weighted by Crippen LogP contribution is -2.19. The van der Waals surface area contributed by atoms with Crippen LogP contribution in [0, 0.1) is 17.2 Å². The van der Waals surface area contributed by atoms with E-state index >= 15 is 0 Å². The van der Waals surface area contributed by atoms with Crippen molar-refractivity contribution in [2.45, 2.75) is 33.2 Å². The molecule has 0 radical (unpaired) electrons. The molecule has 0 atom stereocenters. The summed E-state index contributed by atoms with van der Waals surface area (Å²) in [6.45, 7) is 6.82. The van der Waals surface area contributed by atoms with Crippen molar-refractivity contribution in [3.63, 3.8) is 0 Å². The highest BCUT2D eigenvalue weighted by molar-refractivity contribution is 5.33. The largest absolute Gasteiger partial charge is 0.493 e. The first-order valence-corrected chi connectivity index (χ1v) is 6.52. The monoisotopic (exact) mass is 246 g/mol. The Hall–Kier alpha value is -1.53. The van der Waals surface area contributed by atoms with Crippen LogP contribution in [0.15, 0.2) is 24.3 Å². The highest BCUT2D eigenvalue weighted by Gasteiger charge is 2.02. The van der Waals surface area contributed by atoms with Gasteiger partial charge in [-0.15, -0.1) is 0 Å². The van der Waals surface area contributed by atoms with Crippen LogP contribution in [0.1, 0.15) is 32.3 Å². The normalized spacial score (nSPS) is 10.3. The van der Waals surface area contributed by atoms with Gasteiger partial charge in [-0.3, -0.25) is 0 Å². The topological polar surface area (TPSA) is 45.0 Å². The van der Waals surface area contributed by atoms with Crippen LogP contribution in [0.25, 0.3) is 0 Å². The number of para-hydroxylation sites is 1. The Labute approximate surface area is 110 Å². The molecule has 0 heterocycles. The molecule has 0 bridgehead atoms. The molecule has 98 valence electrons. The van der Waals surface area contributed by atoms with Crippen molar-refractivity contribution in [2.24, 2.45) is 5.92 Å². The number of nitrogens with zero attached hydrogens (tertiary/aromatic N) is 1. The van der Waals surface area contributed by atoms with Crippen molar-refractivity contribution >= 4 is 0 Å². The Bertz CT molecular complexity index is 382. The predicted molar refractivity (Wildman–Crippen MR) is 73.3 cm³/mol. The van der Waals surface area contributed by atoms with Crippen LogP contribution in [-0.4, -0.2) is 13.2 Å². The van der Waals surface area contributed by atoms with Gasteiger partial charge in [-0.1, -0.05) is 32.0 Å². The van der Waals surface area contributed by atoms with Crippen molar-refractivity contribution in [1.29, 1.82) is 5.26 Å². The van der Waals surface area contributed by atoms with E-state index in [9.17, 15) is 0 Å². The Kier molecular flexibility index (Phi) is 6.90. The second kappa shape index (κ2) is 8.54. The summed E-state index contributed by atoms with van der Waals surface area (Å²) in [5, 5.41) is 11.9. The van der Waals surface area contributed by atoms with Gasteiger partial charge in [0.15, 0.2) is 0 Å². The molecule has 0 spiro atoms. The minimum absolute atomic E-state index is 0.549. The fraction of sp³-hybridized carbons (Fsp3) is 0.533. The van der Waals surface area contributed by atoms with E-state index in [1.165, 1.54) is 5.56 Å². The number of hydrogen-bond acceptors (Lipinski definition) is 3. The number of hydrogen-bond donors (Lipinski definition) is 1. The van der Waals surface area contributed by atoms with Crippen LogP contribution in [-0.2, 0) is 6.54 Å². The fourth-order valence-electron chi connectivity index (χ4n) is 1.62. The van der Waals surface area contributed by atoms with Gasteiger partial charge in [-0.2, -0.15) is 5.26 Å². The number of unbranched alkanes of at least 4 members (excludes halogenated alkanes) is 1. The summed E-state index contributed by atoms with van der Waals surface area (Å²) in [4.78, 5) is 0. The maximum absolute atomic E-state index is 8.47. The van der Waals surface area contributed by atoms with Gasteiger partial charge in [0.1, 0.15) is 5.75 Å². The van der Waals surface area contributed by atoms with Crippen molar-refractivity contribution in [3.05, 3.63) is 29.8 Å². The third-order valence-electron chi connectivity index (χ3n) is 2.53. The predicted octanol–water partition coefficient (Wildman–Crippen LogP) is 3.11. The molecule has 3 nitrogen and oxygen atoms in total. The molecule has 0 aliphatic rings. The summed E-state index contributed by atoms with van der Waals surface area (Å²) < 4.78 is 5.71. The minimum atomic E-state index is 0.549. The molecule has 1 aromatic rings. The zero-order chi connectivity index (χ0) is 13.2. The Morgan fingerprint density at radius 1 is 1.33 bits per heavy atom. The summed E-state index contributed by atoms with van der Waals surface area (Å²) >= 11 is 0. The first-order valence-electron chi connectivity index (χ1n) is 6.52. The number of benzene rings is 1. The molecular formula is C15H22N2O. The summed E-state index contributed by atoms with van der Waals surface area (Å²) in [6, 6.07) is 10.2. The van der Waals surface area contributed by atoms with Gasteiger partial charge >= 0.3 is 0 Å². The van der Waals surface area contributed by atoms with Gasteiger partial charge in [0.25, 0.3) is 0 Å². The highest BCUT2D eigenvalue weighted by Crippen LogP contribution is 2.18.